The van der Waals surface area contributed by atoms with Crippen LogP contribution in [0.3, 0.4) is 0 Å². The highest BCUT2D eigenvalue weighted by Crippen LogP contribution is 2.48. The lowest BCUT2D eigenvalue weighted by atomic mass is 9.87. The first-order valence-corrected chi connectivity index (χ1v) is 8.77. The van der Waals surface area contributed by atoms with E-state index in [1.807, 2.05) is 36.4 Å². The van der Waals surface area contributed by atoms with E-state index in [0.29, 0.717) is 24.4 Å². The molecule has 1 saturated heterocycles. The lowest BCUT2D eigenvalue weighted by Gasteiger charge is -2.31. The molecule has 2 fully saturated rings. The zero-order valence-electron chi connectivity index (χ0n) is 14.6. The normalized spacial score (nSPS) is 24.6. The molecule has 1 amide bonds. The van der Waals surface area contributed by atoms with E-state index >= 15 is 0 Å². The van der Waals surface area contributed by atoms with Crippen molar-refractivity contribution in [3.8, 4) is 11.5 Å². The second-order valence-electron chi connectivity index (χ2n) is 6.93. The molecule has 0 N–H and O–H groups in total. The van der Waals surface area contributed by atoms with Gasteiger partial charge in [0, 0.05) is 18.5 Å². The Bertz CT molecular complexity index is 750. The number of likely N-dealkylation sites (tertiary alicyclic amines) is 1. The average Bonchev–Trinajstić information content (AvgIpc) is 3.22. The fourth-order valence-electron chi connectivity index (χ4n) is 4.29. The van der Waals surface area contributed by atoms with Crippen LogP contribution in [0.4, 0.5) is 0 Å². The number of ether oxygens (including phenoxy) is 2. The van der Waals surface area contributed by atoms with Gasteiger partial charge in [-0.2, -0.15) is 0 Å². The maximum atomic E-state index is 12.9. The zero-order chi connectivity index (χ0) is 17.4. The third-order valence-electron chi connectivity index (χ3n) is 5.63. The van der Waals surface area contributed by atoms with E-state index in [2.05, 4.69) is 17.0 Å². The molecule has 0 unspecified atom stereocenters. The van der Waals surface area contributed by atoms with Gasteiger partial charge in [0.05, 0.1) is 14.2 Å². The molecule has 4 heteroatoms. The molecule has 2 bridgehead atoms. The van der Waals surface area contributed by atoms with Gasteiger partial charge in [-0.15, -0.1) is 0 Å². The van der Waals surface area contributed by atoms with Crippen LogP contribution in [-0.4, -0.2) is 31.1 Å². The van der Waals surface area contributed by atoms with E-state index < -0.39 is 0 Å². The average molecular weight is 337 g/mol. The van der Waals surface area contributed by atoms with Crippen molar-refractivity contribution in [1.29, 1.82) is 0 Å². The van der Waals surface area contributed by atoms with Crippen LogP contribution in [0, 0.1) is 5.92 Å². The largest absolute Gasteiger partial charge is 0.497 e. The summed E-state index contributed by atoms with van der Waals surface area (Å²) in [5.74, 6) is 2.47. The van der Waals surface area contributed by atoms with E-state index in [0.717, 1.165) is 29.9 Å². The van der Waals surface area contributed by atoms with Gasteiger partial charge in [0.1, 0.15) is 11.5 Å². The van der Waals surface area contributed by atoms with Crippen LogP contribution in [0.2, 0.25) is 0 Å². The molecule has 0 radical (unpaired) electrons. The molecule has 2 aromatic rings. The Kier molecular flexibility index (Phi) is 4.12. The molecular weight excluding hydrogens is 314 g/mol. The van der Waals surface area contributed by atoms with E-state index in [-0.39, 0.29) is 5.92 Å². The minimum Gasteiger partial charge on any atom is -0.497 e. The monoisotopic (exact) mass is 337 g/mol. The fourth-order valence-corrected chi connectivity index (χ4v) is 4.29. The number of rotatable bonds is 5. The Labute approximate surface area is 148 Å². The Hall–Kier alpha value is -2.49. The first-order valence-electron chi connectivity index (χ1n) is 8.77. The van der Waals surface area contributed by atoms with Gasteiger partial charge in [-0.05, 0) is 54.2 Å². The van der Waals surface area contributed by atoms with Crippen molar-refractivity contribution in [2.75, 3.05) is 14.2 Å². The summed E-state index contributed by atoms with van der Waals surface area (Å²) in [4.78, 5) is 14.9. The fraction of sp³-hybridized carbons (Fsp3) is 0.381. The molecule has 1 heterocycles. The number of hydrogen-bond donors (Lipinski definition) is 0. The predicted octanol–water partition coefficient (Wildman–Crippen LogP) is 3.61. The van der Waals surface area contributed by atoms with Crippen molar-refractivity contribution in [2.45, 2.75) is 31.3 Å². The van der Waals surface area contributed by atoms with E-state index in [1.54, 1.807) is 14.2 Å². The van der Waals surface area contributed by atoms with Gasteiger partial charge < -0.3 is 14.4 Å². The Morgan fingerprint density at radius 2 is 1.44 bits per heavy atom. The highest BCUT2D eigenvalue weighted by molar-refractivity contribution is 5.84. The van der Waals surface area contributed by atoms with Gasteiger partial charge in [-0.25, -0.2) is 0 Å². The highest BCUT2D eigenvalue weighted by atomic mass is 16.5. The predicted molar refractivity (Wildman–Crippen MR) is 95.8 cm³/mol. The summed E-state index contributed by atoms with van der Waals surface area (Å²) in [6.45, 7) is 0.694. The minimum absolute atomic E-state index is 0.122. The Morgan fingerprint density at radius 3 is 2.00 bits per heavy atom. The van der Waals surface area contributed by atoms with Crippen LogP contribution < -0.4 is 9.47 Å². The third-order valence-corrected chi connectivity index (χ3v) is 5.63. The van der Waals surface area contributed by atoms with Crippen molar-refractivity contribution in [3.63, 3.8) is 0 Å². The number of hydrogen-bond acceptors (Lipinski definition) is 3. The Morgan fingerprint density at radius 1 is 0.880 bits per heavy atom. The lowest BCUT2D eigenvalue weighted by Crippen LogP contribution is -2.39. The van der Waals surface area contributed by atoms with Crippen LogP contribution in [0.5, 0.6) is 11.5 Å². The number of methoxy groups -OCH3 is 2. The van der Waals surface area contributed by atoms with Crippen LogP contribution in [0.15, 0.2) is 48.5 Å². The van der Waals surface area contributed by atoms with Gasteiger partial charge in [0.2, 0.25) is 5.91 Å². The molecule has 2 aliphatic rings. The number of carbonyl (C=O) groups excluding carboxylic acids is 1. The summed E-state index contributed by atoms with van der Waals surface area (Å²) < 4.78 is 10.4. The van der Waals surface area contributed by atoms with Crippen LogP contribution in [0.25, 0.3) is 0 Å². The van der Waals surface area contributed by atoms with Gasteiger partial charge in [0.25, 0.3) is 0 Å². The van der Waals surface area contributed by atoms with Crippen molar-refractivity contribution >= 4 is 5.91 Å². The molecular formula is C21H23NO3. The topological polar surface area (TPSA) is 38.8 Å². The van der Waals surface area contributed by atoms with E-state index in [9.17, 15) is 4.79 Å². The molecule has 25 heavy (non-hydrogen) atoms. The standard InChI is InChI=1S/C21H23NO3/c1-24-17-7-3-14(4-8-17)13-22-16-11-19(20(12-16)21(22)23)15-5-9-18(25-2)10-6-15/h3-10,16,19-20H,11-13H2,1-2H3/t16-,19-,20-/m1/s1. The summed E-state index contributed by atoms with van der Waals surface area (Å²) in [5, 5.41) is 0. The number of piperidine rings is 1. The molecule has 0 spiro atoms. The molecule has 4 nitrogen and oxygen atoms in total. The summed E-state index contributed by atoms with van der Waals surface area (Å²) in [6.07, 6.45) is 2.03. The van der Waals surface area contributed by atoms with Crippen molar-refractivity contribution in [3.05, 3.63) is 59.7 Å². The van der Waals surface area contributed by atoms with Crippen LogP contribution in [0.1, 0.15) is 29.9 Å². The van der Waals surface area contributed by atoms with Gasteiger partial charge in [-0.1, -0.05) is 24.3 Å². The first-order chi connectivity index (χ1) is 12.2. The summed E-state index contributed by atoms with van der Waals surface area (Å²) in [7, 11) is 3.34. The Balaban J connectivity index is 1.46. The van der Waals surface area contributed by atoms with Gasteiger partial charge in [-0.3, -0.25) is 4.79 Å². The summed E-state index contributed by atoms with van der Waals surface area (Å²) in [6, 6.07) is 16.5. The number of nitrogens with zero attached hydrogens (tertiary/aromatic N) is 1. The summed E-state index contributed by atoms with van der Waals surface area (Å²) in [5.41, 5.74) is 2.41. The second-order valence-corrected chi connectivity index (χ2v) is 6.93. The molecule has 130 valence electrons. The van der Waals surface area contributed by atoms with Crippen LogP contribution >= 0.6 is 0 Å². The third kappa shape index (κ3) is 2.86. The van der Waals surface area contributed by atoms with E-state index in [1.165, 1.54) is 5.56 Å². The second kappa shape index (κ2) is 6.43. The number of benzene rings is 2. The first kappa shape index (κ1) is 16.0. The minimum atomic E-state index is 0.122. The van der Waals surface area contributed by atoms with Crippen molar-refractivity contribution in [1.82, 2.24) is 4.90 Å². The molecule has 1 aliphatic carbocycles. The number of fused-ring (bicyclic) bond motifs is 2. The maximum absolute atomic E-state index is 12.9. The molecule has 3 atom stereocenters. The summed E-state index contributed by atoms with van der Waals surface area (Å²) >= 11 is 0. The number of amides is 1. The SMILES string of the molecule is COc1ccc(CN2C(=O)[C@@H]3C[C@H]2C[C@@H]3c2ccc(OC)cc2)cc1. The highest BCUT2D eigenvalue weighted by Gasteiger charge is 2.50. The zero-order valence-corrected chi connectivity index (χ0v) is 14.6. The molecule has 1 aliphatic heterocycles. The van der Waals surface area contributed by atoms with Gasteiger partial charge >= 0.3 is 0 Å². The van der Waals surface area contributed by atoms with Gasteiger partial charge in [0.15, 0.2) is 0 Å². The number of carbonyl (C=O) groups is 1. The van der Waals surface area contributed by atoms with Crippen LogP contribution in [-0.2, 0) is 11.3 Å². The molecule has 0 aromatic heterocycles. The molecule has 4 rings (SSSR count). The smallest absolute Gasteiger partial charge is 0.226 e. The van der Waals surface area contributed by atoms with Crippen molar-refractivity contribution < 1.29 is 14.3 Å². The van der Waals surface area contributed by atoms with E-state index in [4.69, 9.17) is 9.47 Å². The molecule has 2 aromatic carbocycles. The quantitative estimate of drug-likeness (QED) is 0.837. The maximum Gasteiger partial charge on any atom is 0.226 e. The molecule has 1 saturated carbocycles. The van der Waals surface area contributed by atoms with Crippen molar-refractivity contribution in [2.24, 2.45) is 5.92 Å². The lowest BCUT2D eigenvalue weighted by molar-refractivity contribution is -0.135.